The number of aliphatic imine (C=N–C) groups is 2. The van der Waals surface area contributed by atoms with Gasteiger partial charge in [-0.05, 0) is 143 Å². The van der Waals surface area contributed by atoms with Crippen LogP contribution in [-0.4, -0.2) is 298 Å². The summed E-state index contributed by atoms with van der Waals surface area (Å²) in [5, 5.41) is 75.4. The van der Waals surface area contributed by atoms with Crippen LogP contribution in [0.2, 0.25) is 0 Å². The molecule has 6 aliphatic rings. The summed E-state index contributed by atoms with van der Waals surface area (Å²) in [6, 6.07) is 15.4. The minimum absolute atomic E-state index is 0.0446. The van der Waals surface area contributed by atoms with Crippen molar-refractivity contribution in [3.63, 3.8) is 0 Å². The monoisotopic (exact) mass is 1980 g/mol. The van der Waals surface area contributed by atoms with Gasteiger partial charge in [-0.3, -0.25) is 67.4 Å². The Morgan fingerprint density at radius 1 is 0.377 bits per heavy atom. The van der Waals surface area contributed by atoms with E-state index in [4.69, 9.17) is 42.9 Å². The van der Waals surface area contributed by atoms with Crippen LogP contribution >= 0.6 is 0 Å². The highest BCUT2D eigenvalue weighted by atomic mass is 16.3. The largest absolute Gasteiger partial charge is 0.395 e. The molecule has 44 heteroatoms. The third-order valence-corrected chi connectivity index (χ3v) is 27.9. The average Bonchev–Trinajstić information content (AvgIpc) is 1.58. The highest BCUT2D eigenvalue weighted by Gasteiger charge is 2.42. The van der Waals surface area contributed by atoms with Gasteiger partial charge in [0.05, 0.1) is 118 Å². The molecule has 14 N–H and O–H groups in total. The van der Waals surface area contributed by atoms with E-state index in [1.165, 1.54) is 59.6 Å². The van der Waals surface area contributed by atoms with E-state index in [0.29, 0.717) is 171 Å². The molecule has 4 fully saturated rings. The molecular formula is C102H114N30O14. The fraction of sp³-hybridized carbons (Fsp3) is 0.373. The summed E-state index contributed by atoms with van der Waals surface area (Å²) in [6.07, 6.45) is 35.5. The van der Waals surface area contributed by atoms with Crippen molar-refractivity contribution in [1.82, 2.24) is 117 Å². The maximum Gasteiger partial charge on any atom is 0.251 e. The minimum atomic E-state index is -1.23. The number of carbonyl (C=O) groups excluding carboxylic acids is 8. The zero-order chi connectivity index (χ0) is 103. The van der Waals surface area contributed by atoms with Gasteiger partial charge in [-0.1, -0.05) is 12.1 Å². The molecule has 4 saturated heterocycles. The van der Waals surface area contributed by atoms with Crippen LogP contribution in [0.3, 0.4) is 0 Å². The van der Waals surface area contributed by atoms with Gasteiger partial charge in [0, 0.05) is 219 Å². The average molecular weight is 1980 g/mol. The number of ketones is 4. The molecule has 146 heavy (non-hydrogen) atoms. The van der Waals surface area contributed by atoms with Crippen LogP contribution < -0.4 is 22.9 Å². The van der Waals surface area contributed by atoms with Gasteiger partial charge in [0.1, 0.15) is 59.8 Å². The lowest BCUT2D eigenvalue weighted by atomic mass is 9.86. The fourth-order valence-electron chi connectivity index (χ4n) is 19.4. The Labute approximate surface area is 836 Å². The number of allylic oxidation sites excluding steroid dienone is 2. The quantitative estimate of drug-likeness (QED) is 0.0257. The van der Waals surface area contributed by atoms with E-state index < -0.39 is 49.5 Å². The number of nitrogens with two attached hydrogens (primary N) is 4. The molecule has 2 atom stereocenters. The molecule has 6 aliphatic heterocycles. The number of carbonyl (C=O) groups is 8. The van der Waals surface area contributed by atoms with E-state index in [9.17, 15) is 69.0 Å². The van der Waals surface area contributed by atoms with E-state index in [1.54, 1.807) is 113 Å². The molecule has 0 radical (unpaired) electrons. The Balaban J connectivity index is 0.000000133. The van der Waals surface area contributed by atoms with Crippen molar-refractivity contribution in [2.45, 2.75) is 155 Å². The number of aromatic nitrogens is 20. The van der Waals surface area contributed by atoms with Crippen molar-refractivity contribution >= 4 is 116 Å². The number of pyridine rings is 4. The molecule has 0 aromatic carbocycles. The van der Waals surface area contributed by atoms with Crippen molar-refractivity contribution in [2.24, 2.45) is 20.8 Å². The number of rotatable bonds is 24. The number of fused-ring (bicyclic) bond motifs is 4. The predicted molar refractivity (Wildman–Crippen MR) is 541 cm³/mol. The first-order chi connectivity index (χ1) is 70.2. The van der Waals surface area contributed by atoms with Gasteiger partial charge in [0.2, 0.25) is 11.8 Å². The minimum Gasteiger partial charge on any atom is -0.395 e. The van der Waals surface area contributed by atoms with E-state index >= 15 is 0 Å². The summed E-state index contributed by atoms with van der Waals surface area (Å²) >= 11 is 0. The fourth-order valence-corrected chi connectivity index (χ4v) is 19.4. The third kappa shape index (κ3) is 20.1. The van der Waals surface area contributed by atoms with Crippen molar-refractivity contribution in [1.29, 1.82) is 0 Å². The Kier molecular flexibility index (Phi) is 29.7. The van der Waals surface area contributed by atoms with Crippen LogP contribution in [0.1, 0.15) is 219 Å². The molecule has 20 rings (SSSR count). The number of aliphatic hydroxyl groups is 6. The number of Topliss-reactive ketones (excluding diaryl/α,β-unsaturated/α-hetero) is 4. The Morgan fingerprint density at radius 2 is 0.644 bits per heavy atom. The standard InChI is InChI=1S/C27H31N7O4.C26H30N8O4.C25H27N7O3.C24H26N8O3/c1-16(37)22-23(17-6-9-33(10-7-17)26(38)27(2,14-35)15-36)32-25-20(13-31-34(25)24(22)28)18-3-4-21(30-12-18)19-5-8-29-11-19;1-16(37)21-22(17-5-8-32(9-6-17)25(38)26(2,13-35)14-36)31-24-19(12-30-34(24)23(21)27)18-3-4-20(29-11-18)33-10-7-28-15-33;1-14(33)21-22(16-6-9-31(10-7-16)25(35)15(2)34)30-24-19(13-29-32(24)23(21)26)17-3-4-20(28-12-17)18-5-8-27-11-18;1-14(33)20-21(16-5-8-30(9-6-16)24(35)15(2)34)29-23-18(12-28-32(23)22(20)25)17-3-4-19(27-11-17)31-10-7-26-13-31/h3-4,8,11-13,17,35-36H,5-7,9-10,14-15,28H2,1-2H3;3-4,7,10-12,15,17,35-36H,5-6,8-9,13-14,27H2,1-2H3;3-4,8,11-13,15-16,34H,5-7,9-10,26H2,1-2H3;3-4,7,10-13,15-16,34H,5-6,8-9,25H2,1-2H3/t;;2*15-/m..11/s1. The van der Waals surface area contributed by atoms with E-state index in [2.05, 4.69) is 60.3 Å². The second kappa shape index (κ2) is 42.8. The zero-order valence-corrected chi connectivity index (χ0v) is 81.9. The van der Waals surface area contributed by atoms with Crippen molar-refractivity contribution < 1.29 is 69.0 Å². The third-order valence-electron chi connectivity index (χ3n) is 27.9. The van der Waals surface area contributed by atoms with Gasteiger partial charge in [-0.2, -0.15) is 38.5 Å². The first-order valence-electron chi connectivity index (χ1n) is 48.2. The number of hydrogen-bond acceptors (Lipinski definition) is 34. The molecule has 20 heterocycles. The summed E-state index contributed by atoms with van der Waals surface area (Å²) in [5.74, 6) is 0.174. The molecule has 0 saturated carbocycles. The number of aliphatic hydroxyl groups excluding tert-OH is 6. The SMILES string of the molecule is CC(=O)c1c(C2CCN(C(=O)C(C)(CO)CO)CC2)nc2c(-c3ccc(-n4ccnc4)nc3)cnn2c1N.CC(=O)c1c(C2CCN(C(=O)C(C)(CO)CO)CC2)nc2c(-c3ccc(C4=CN=CC4)nc3)cnn2c1N.CC(=O)c1c(C2CCN(C(=O)[C@@H](C)O)CC2)nc2c(-c3ccc(-n4ccnc4)nc3)cnn2c1N.CC(=O)c1c(C2CCN(C(=O)[C@@H](C)O)CC2)nc2c(-c3ccc(C4=CN=CC4)nc3)cnn2c1N. The van der Waals surface area contributed by atoms with Crippen LogP contribution in [0.15, 0.2) is 158 Å². The summed E-state index contributed by atoms with van der Waals surface area (Å²) in [7, 11) is 0. The number of likely N-dealkylation sites (tertiary alicyclic amines) is 4. The molecule has 0 spiro atoms. The second-order valence-corrected chi connectivity index (χ2v) is 37.9. The molecular weight excluding hydrogens is 1870 g/mol. The van der Waals surface area contributed by atoms with Gasteiger partial charge >= 0.3 is 0 Å². The zero-order valence-electron chi connectivity index (χ0n) is 81.9. The molecule has 14 aromatic rings. The van der Waals surface area contributed by atoms with Crippen molar-refractivity contribution in [2.75, 3.05) is 102 Å². The summed E-state index contributed by atoms with van der Waals surface area (Å²) in [6.45, 7) is 13.7. The number of imidazole rings is 2. The molecule has 0 aliphatic carbocycles. The molecule has 44 nitrogen and oxygen atoms in total. The molecule has 0 bridgehead atoms. The highest BCUT2D eigenvalue weighted by molar-refractivity contribution is 6.04. The molecule has 4 amide bonds. The number of nitrogen functional groups attached to an aromatic ring is 4. The lowest BCUT2D eigenvalue weighted by molar-refractivity contribution is -0.148. The lowest BCUT2D eigenvalue weighted by Crippen LogP contribution is -2.49. The number of anilines is 4. The van der Waals surface area contributed by atoms with Crippen molar-refractivity contribution in [3.05, 3.63) is 204 Å². The van der Waals surface area contributed by atoms with Gasteiger partial charge in [-0.25, -0.2) is 39.9 Å². The Bertz CT molecular complexity index is 7410. The Hall–Kier alpha value is -16.2. The van der Waals surface area contributed by atoms with Gasteiger partial charge < -0.3 is 73.2 Å². The topological polar surface area (TPSA) is 608 Å². The van der Waals surface area contributed by atoms with Gasteiger partial charge in [0.15, 0.2) is 45.7 Å². The summed E-state index contributed by atoms with van der Waals surface area (Å²) < 4.78 is 9.57. The smallest absolute Gasteiger partial charge is 0.251 e. The normalized spacial score (nSPS) is 15.9. The summed E-state index contributed by atoms with van der Waals surface area (Å²) in [4.78, 5) is 162. The van der Waals surface area contributed by atoms with E-state index in [-0.39, 0.29) is 93.7 Å². The highest BCUT2D eigenvalue weighted by Crippen LogP contribution is 2.43. The summed E-state index contributed by atoms with van der Waals surface area (Å²) in [5.41, 5.74) is 39.5. The van der Waals surface area contributed by atoms with Gasteiger partial charge in [0.25, 0.3) is 11.8 Å². The number of nitrogens with zero attached hydrogens (tertiary/aromatic N) is 26. The van der Waals surface area contributed by atoms with Crippen LogP contribution in [0.5, 0.6) is 0 Å². The molecule has 14 aromatic heterocycles. The number of piperidine rings is 4. The molecule has 756 valence electrons. The van der Waals surface area contributed by atoms with Gasteiger partial charge in [-0.15, -0.1) is 0 Å². The predicted octanol–water partition coefficient (Wildman–Crippen LogP) is 7.87. The van der Waals surface area contributed by atoms with Crippen molar-refractivity contribution in [3.8, 4) is 56.1 Å². The van der Waals surface area contributed by atoms with Crippen LogP contribution in [-0.2, 0) is 19.2 Å². The Morgan fingerprint density at radius 3 is 0.856 bits per heavy atom. The second-order valence-electron chi connectivity index (χ2n) is 37.9. The maximum atomic E-state index is 12.9. The van der Waals surface area contributed by atoms with Crippen LogP contribution in [0.4, 0.5) is 23.3 Å². The first-order valence-corrected chi connectivity index (χ1v) is 48.2. The van der Waals surface area contributed by atoms with E-state index in [1.807, 2.05) is 90.3 Å². The lowest BCUT2D eigenvalue weighted by Gasteiger charge is -2.37. The van der Waals surface area contributed by atoms with Crippen LogP contribution in [0.25, 0.3) is 89.9 Å². The first kappa shape index (κ1) is 101. The maximum absolute atomic E-state index is 12.9. The van der Waals surface area contributed by atoms with E-state index in [0.717, 1.165) is 91.5 Å². The van der Waals surface area contributed by atoms with Crippen LogP contribution in [0, 0.1) is 10.8 Å². The molecule has 0 unspecified atom stereocenters. The number of hydrogen-bond donors (Lipinski definition) is 10. The number of amides is 4.